The number of amides is 1. The Balaban J connectivity index is 1.69. The van der Waals surface area contributed by atoms with Crippen molar-refractivity contribution in [2.24, 2.45) is 0 Å². The van der Waals surface area contributed by atoms with Crippen LogP contribution in [0.5, 0.6) is 0 Å². The van der Waals surface area contributed by atoms with Crippen molar-refractivity contribution in [1.29, 1.82) is 0 Å². The van der Waals surface area contributed by atoms with E-state index in [1.54, 1.807) is 12.1 Å². The van der Waals surface area contributed by atoms with Crippen molar-refractivity contribution < 1.29 is 9.21 Å². The van der Waals surface area contributed by atoms with Gasteiger partial charge in [-0.3, -0.25) is 4.79 Å². The van der Waals surface area contributed by atoms with Crippen molar-refractivity contribution in [3.05, 3.63) is 65.3 Å². The number of halogens is 1. The summed E-state index contributed by atoms with van der Waals surface area (Å²) in [4.78, 5) is 25.9. The van der Waals surface area contributed by atoms with Crippen LogP contribution in [0.3, 0.4) is 0 Å². The maximum atomic E-state index is 12.8. The first-order valence-electron chi connectivity index (χ1n) is 9.66. The second-order valence-electron chi connectivity index (χ2n) is 7.44. The lowest BCUT2D eigenvalue weighted by Gasteiger charge is -2.33. The summed E-state index contributed by atoms with van der Waals surface area (Å²) in [5, 5.41) is 0.689. The van der Waals surface area contributed by atoms with Crippen molar-refractivity contribution in [1.82, 2.24) is 14.9 Å². The molecule has 6 nitrogen and oxygen atoms in total. The van der Waals surface area contributed by atoms with Gasteiger partial charge in [0.15, 0.2) is 5.76 Å². The third kappa shape index (κ3) is 4.12. The molecule has 0 unspecified atom stereocenters. The fraction of sp³-hybridized carbons (Fsp3) is 0.318. The van der Waals surface area contributed by atoms with Gasteiger partial charge < -0.3 is 14.2 Å². The monoisotopic (exact) mass is 410 g/mol. The Morgan fingerprint density at radius 3 is 2.72 bits per heavy atom. The molecule has 0 spiro atoms. The molecule has 150 valence electrons. The normalized spacial score (nSPS) is 16.7. The number of anilines is 1. The van der Waals surface area contributed by atoms with Crippen molar-refractivity contribution in [2.75, 3.05) is 32.1 Å². The molecule has 3 aromatic rings. The van der Waals surface area contributed by atoms with Crippen LogP contribution < -0.4 is 4.90 Å². The molecule has 0 radical (unpaired) electrons. The highest BCUT2D eigenvalue weighted by atomic mass is 35.5. The quantitative estimate of drug-likeness (QED) is 0.634. The second-order valence-corrected chi connectivity index (χ2v) is 7.87. The molecule has 1 aromatic carbocycles. The molecule has 1 aliphatic heterocycles. The molecule has 1 saturated heterocycles. The molecule has 1 fully saturated rings. The average molecular weight is 411 g/mol. The molecule has 0 saturated carbocycles. The van der Waals surface area contributed by atoms with Gasteiger partial charge in [-0.2, -0.15) is 0 Å². The minimum absolute atomic E-state index is 0.0744. The zero-order chi connectivity index (χ0) is 20.4. The van der Waals surface area contributed by atoms with E-state index in [1.165, 1.54) is 6.26 Å². The molecular formula is C22H23ClN4O2. The SMILES string of the molecule is CN(C)c1ncc(-c2ccc(Cl)cc2)c([C@H]2CCCN(C(=O)c3ccco3)C2)n1. The molecule has 1 amide bonds. The van der Waals surface area contributed by atoms with Crippen LogP contribution in [0.4, 0.5) is 5.95 Å². The maximum Gasteiger partial charge on any atom is 0.289 e. The van der Waals surface area contributed by atoms with E-state index >= 15 is 0 Å². The zero-order valence-corrected chi connectivity index (χ0v) is 17.3. The fourth-order valence-electron chi connectivity index (χ4n) is 3.70. The Bertz CT molecular complexity index is 987. The molecule has 1 aliphatic rings. The molecule has 0 aliphatic carbocycles. The molecule has 0 bridgehead atoms. The lowest BCUT2D eigenvalue weighted by Crippen LogP contribution is -2.39. The summed E-state index contributed by atoms with van der Waals surface area (Å²) in [7, 11) is 3.85. The van der Waals surface area contributed by atoms with Gasteiger partial charge in [-0.15, -0.1) is 0 Å². The minimum Gasteiger partial charge on any atom is -0.459 e. The maximum absolute atomic E-state index is 12.8. The van der Waals surface area contributed by atoms with Crippen LogP contribution in [0.15, 0.2) is 53.3 Å². The van der Waals surface area contributed by atoms with Gasteiger partial charge in [-0.25, -0.2) is 9.97 Å². The number of carbonyl (C=O) groups excluding carboxylic acids is 1. The molecule has 4 rings (SSSR count). The minimum atomic E-state index is -0.0744. The topological polar surface area (TPSA) is 62.5 Å². The Labute approximate surface area is 175 Å². The number of aromatic nitrogens is 2. The number of rotatable bonds is 4. The van der Waals surface area contributed by atoms with Crippen molar-refractivity contribution in [2.45, 2.75) is 18.8 Å². The summed E-state index contributed by atoms with van der Waals surface area (Å²) in [6, 6.07) is 11.1. The van der Waals surface area contributed by atoms with Crippen LogP contribution in [-0.4, -0.2) is 48.0 Å². The largest absolute Gasteiger partial charge is 0.459 e. The predicted octanol–water partition coefficient (Wildman–Crippen LogP) is 4.48. The third-order valence-electron chi connectivity index (χ3n) is 5.19. The number of piperidine rings is 1. The number of hydrogen-bond donors (Lipinski definition) is 0. The Hall–Kier alpha value is -2.86. The average Bonchev–Trinajstić information content (AvgIpc) is 3.28. The summed E-state index contributed by atoms with van der Waals surface area (Å²) in [5.41, 5.74) is 2.96. The molecule has 1 atom stereocenters. The fourth-order valence-corrected chi connectivity index (χ4v) is 3.83. The highest BCUT2D eigenvalue weighted by molar-refractivity contribution is 6.30. The zero-order valence-electron chi connectivity index (χ0n) is 16.5. The van der Waals surface area contributed by atoms with E-state index in [1.807, 2.05) is 54.4 Å². The Morgan fingerprint density at radius 1 is 1.24 bits per heavy atom. The van der Waals surface area contributed by atoms with E-state index in [2.05, 4.69) is 4.98 Å². The predicted molar refractivity (Wildman–Crippen MR) is 113 cm³/mol. The van der Waals surface area contributed by atoms with Gasteiger partial charge >= 0.3 is 0 Å². The molecule has 2 aromatic heterocycles. The van der Waals surface area contributed by atoms with Crippen LogP contribution in [0.25, 0.3) is 11.1 Å². The molecular weight excluding hydrogens is 388 g/mol. The number of carbonyl (C=O) groups is 1. The van der Waals surface area contributed by atoms with E-state index in [9.17, 15) is 4.79 Å². The van der Waals surface area contributed by atoms with Gasteiger partial charge in [0.25, 0.3) is 5.91 Å². The second kappa shape index (κ2) is 8.25. The van der Waals surface area contributed by atoms with E-state index in [0.717, 1.165) is 36.2 Å². The van der Waals surface area contributed by atoms with E-state index < -0.39 is 0 Å². The highest BCUT2D eigenvalue weighted by Crippen LogP contribution is 2.34. The standard InChI is InChI=1S/C22H23ClN4O2/c1-26(2)22-24-13-18(15-7-9-17(23)10-8-15)20(25-22)16-5-3-11-27(14-16)21(28)19-6-4-12-29-19/h4,6-10,12-13,16H,3,5,11,14H2,1-2H3/t16-/m0/s1. The summed E-state index contributed by atoms with van der Waals surface area (Å²) in [6.07, 6.45) is 5.28. The van der Waals surface area contributed by atoms with Gasteiger partial charge in [0, 0.05) is 49.9 Å². The van der Waals surface area contributed by atoms with Crippen LogP contribution in [-0.2, 0) is 0 Å². The molecule has 29 heavy (non-hydrogen) atoms. The van der Waals surface area contributed by atoms with Gasteiger partial charge in [0.1, 0.15) is 0 Å². The van der Waals surface area contributed by atoms with Crippen LogP contribution >= 0.6 is 11.6 Å². The summed E-state index contributed by atoms with van der Waals surface area (Å²) in [6.45, 7) is 1.32. The summed E-state index contributed by atoms with van der Waals surface area (Å²) >= 11 is 6.07. The summed E-state index contributed by atoms with van der Waals surface area (Å²) < 4.78 is 5.31. The van der Waals surface area contributed by atoms with E-state index in [0.29, 0.717) is 23.3 Å². The molecule has 0 N–H and O–H groups in total. The van der Waals surface area contributed by atoms with Crippen molar-refractivity contribution in [3.8, 4) is 11.1 Å². The first-order chi connectivity index (χ1) is 14.0. The van der Waals surface area contributed by atoms with Crippen LogP contribution in [0.2, 0.25) is 5.02 Å². The van der Waals surface area contributed by atoms with Gasteiger partial charge in [-0.1, -0.05) is 23.7 Å². The highest BCUT2D eigenvalue weighted by Gasteiger charge is 2.29. The van der Waals surface area contributed by atoms with Crippen LogP contribution in [0.1, 0.15) is 35.0 Å². The van der Waals surface area contributed by atoms with Gasteiger partial charge in [0.05, 0.1) is 12.0 Å². The number of nitrogens with zero attached hydrogens (tertiary/aromatic N) is 4. The number of hydrogen-bond acceptors (Lipinski definition) is 5. The lowest BCUT2D eigenvalue weighted by atomic mass is 9.90. The van der Waals surface area contributed by atoms with Crippen molar-refractivity contribution in [3.63, 3.8) is 0 Å². The summed E-state index contributed by atoms with van der Waals surface area (Å²) in [5.74, 6) is 1.08. The van der Waals surface area contributed by atoms with Crippen LogP contribution in [0, 0.1) is 0 Å². The Morgan fingerprint density at radius 2 is 2.03 bits per heavy atom. The van der Waals surface area contributed by atoms with E-state index in [4.69, 9.17) is 21.0 Å². The molecule has 7 heteroatoms. The third-order valence-corrected chi connectivity index (χ3v) is 5.44. The first-order valence-corrected chi connectivity index (χ1v) is 10.0. The van der Waals surface area contributed by atoms with E-state index in [-0.39, 0.29) is 11.8 Å². The smallest absolute Gasteiger partial charge is 0.289 e. The molecule has 3 heterocycles. The van der Waals surface area contributed by atoms with Crippen molar-refractivity contribution >= 4 is 23.5 Å². The number of likely N-dealkylation sites (tertiary alicyclic amines) is 1. The number of benzene rings is 1. The van der Waals surface area contributed by atoms with Gasteiger partial charge in [-0.05, 0) is 42.7 Å². The Kier molecular flexibility index (Phi) is 5.53. The lowest BCUT2D eigenvalue weighted by molar-refractivity contribution is 0.0674. The van der Waals surface area contributed by atoms with Gasteiger partial charge in [0.2, 0.25) is 5.95 Å². The number of furan rings is 1. The first kappa shape index (κ1) is 19.5.